The standard InChI is InChI=1S/C8H9Cl2N3O2S/c1-11-12-8(10)13-16(14,15)7-4-2-6(9)3-5-7/h2-5,11H,1H3,(H,12,13). The van der Waals surface area contributed by atoms with Crippen molar-refractivity contribution in [1.29, 1.82) is 0 Å². The van der Waals surface area contributed by atoms with Gasteiger partial charge in [-0.3, -0.25) is 5.43 Å². The van der Waals surface area contributed by atoms with Gasteiger partial charge in [-0.15, -0.1) is 4.40 Å². The molecule has 0 saturated carbocycles. The van der Waals surface area contributed by atoms with E-state index in [1.54, 1.807) is 0 Å². The number of nitrogens with zero attached hydrogens (tertiary/aromatic N) is 1. The summed E-state index contributed by atoms with van der Waals surface area (Å²) < 4.78 is 26.6. The van der Waals surface area contributed by atoms with Gasteiger partial charge in [-0.1, -0.05) is 11.6 Å². The van der Waals surface area contributed by atoms with Crippen molar-refractivity contribution in [2.45, 2.75) is 4.90 Å². The highest BCUT2D eigenvalue weighted by atomic mass is 35.5. The summed E-state index contributed by atoms with van der Waals surface area (Å²) >= 11 is 11.2. The van der Waals surface area contributed by atoms with Gasteiger partial charge in [0.2, 0.25) is 5.29 Å². The minimum Gasteiger partial charge on any atom is -0.296 e. The zero-order valence-electron chi connectivity index (χ0n) is 8.24. The summed E-state index contributed by atoms with van der Waals surface area (Å²) in [4.78, 5) is 0.0213. The van der Waals surface area contributed by atoms with Crippen LogP contribution < -0.4 is 10.9 Å². The Morgan fingerprint density at radius 3 is 2.38 bits per heavy atom. The van der Waals surface area contributed by atoms with E-state index >= 15 is 0 Å². The van der Waals surface area contributed by atoms with Crippen LogP contribution >= 0.6 is 23.2 Å². The molecule has 1 rings (SSSR count). The van der Waals surface area contributed by atoms with E-state index < -0.39 is 10.0 Å². The molecule has 0 aliphatic rings. The largest absolute Gasteiger partial charge is 0.296 e. The van der Waals surface area contributed by atoms with Crippen LogP contribution in [-0.4, -0.2) is 20.8 Å². The Kier molecular flexibility index (Phi) is 4.55. The van der Waals surface area contributed by atoms with Crippen LogP contribution in [0.1, 0.15) is 0 Å². The van der Waals surface area contributed by atoms with Crippen LogP contribution in [0.2, 0.25) is 5.02 Å². The third kappa shape index (κ3) is 3.64. The summed E-state index contributed by atoms with van der Waals surface area (Å²) in [6.07, 6.45) is 0. The van der Waals surface area contributed by atoms with Crippen LogP contribution in [-0.2, 0) is 10.0 Å². The molecule has 0 amide bonds. The Hall–Kier alpha value is -0.820. The van der Waals surface area contributed by atoms with Gasteiger partial charge < -0.3 is 0 Å². The molecule has 8 heteroatoms. The van der Waals surface area contributed by atoms with Gasteiger partial charge in [0.25, 0.3) is 10.0 Å². The lowest BCUT2D eigenvalue weighted by Gasteiger charge is -2.02. The number of nitrogens with one attached hydrogen (secondary N) is 2. The third-order valence-corrected chi connectivity index (χ3v) is 3.36. The van der Waals surface area contributed by atoms with Crippen molar-refractivity contribution in [3.05, 3.63) is 29.3 Å². The molecule has 16 heavy (non-hydrogen) atoms. The smallest absolute Gasteiger partial charge is 0.285 e. The van der Waals surface area contributed by atoms with E-state index in [4.69, 9.17) is 23.2 Å². The molecular weight excluding hydrogens is 273 g/mol. The number of hydrogen-bond donors (Lipinski definition) is 2. The molecule has 0 fully saturated rings. The molecule has 1 aromatic carbocycles. The van der Waals surface area contributed by atoms with Gasteiger partial charge in [0, 0.05) is 12.1 Å². The van der Waals surface area contributed by atoms with E-state index in [9.17, 15) is 8.42 Å². The maximum atomic E-state index is 11.6. The normalized spacial score (nSPS) is 12.6. The van der Waals surface area contributed by atoms with Gasteiger partial charge in [-0.25, -0.2) is 5.43 Å². The average molecular weight is 282 g/mol. The second-order valence-electron chi connectivity index (χ2n) is 2.69. The second-order valence-corrected chi connectivity index (χ2v) is 5.08. The van der Waals surface area contributed by atoms with Gasteiger partial charge in [0.05, 0.1) is 4.90 Å². The molecule has 0 aromatic heterocycles. The number of hydrazine groups is 1. The molecule has 0 heterocycles. The molecule has 5 nitrogen and oxygen atoms in total. The van der Waals surface area contributed by atoms with E-state index in [1.165, 1.54) is 31.3 Å². The predicted octanol–water partition coefficient (Wildman–Crippen LogP) is 1.35. The topological polar surface area (TPSA) is 70.6 Å². The summed E-state index contributed by atoms with van der Waals surface area (Å²) in [5.41, 5.74) is 4.80. The zero-order valence-corrected chi connectivity index (χ0v) is 10.6. The number of hydrogen-bond acceptors (Lipinski definition) is 3. The molecule has 0 aliphatic heterocycles. The van der Waals surface area contributed by atoms with Gasteiger partial charge >= 0.3 is 0 Å². The number of amidine groups is 1. The average Bonchev–Trinajstić information content (AvgIpc) is 2.17. The SMILES string of the molecule is CNN/C(Cl)=N\S(=O)(=O)c1ccc(Cl)cc1. The fourth-order valence-corrected chi connectivity index (χ4v) is 2.23. The van der Waals surface area contributed by atoms with Crippen molar-refractivity contribution < 1.29 is 8.42 Å². The maximum absolute atomic E-state index is 11.6. The second kappa shape index (κ2) is 5.49. The molecule has 0 saturated heterocycles. The molecule has 1 aromatic rings. The van der Waals surface area contributed by atoms with Crippen molar-refractivity contribution in [3.63, 3.8) is 0 Å². The number of rotatable bonds is 3. The molecule has 0 radical (unpaired) electrons. The summed E-state index contributed by atoms with van der Waals surface area (Å²) in [6, 6.07) is 5.63. The van der Waals surface area contributed by atoms with E-state index in [0.717, 1.165) is 0 Å². The van der Waals surface area contributed by atoms with Gasteiger partial charge in [0.1, 0.15) is 0 Å². The van der Waals surface area contributed by atoms with Crippen LogP contribution in [0.25, 0.3) is 0 Å². The zero-order chi connectivity index (χ0) is 12.2. The minimum atomic E-state index is -3.80. The minimum absolute atomic E-state index is 0.0213. The van der Waals surface area contributed by atoms with Crippen molar-refractivity contribution in [1.82, 2.24) is 10.9 Å². The molecule has 0 unspecified atom stereocenters. The Morgan fingerprint density at radius 1 is 1.31 bits per heavy atom. The molecule has 88 valence electrons. The first-order valence-electron chi connectivity index (χ1n) is 4.14. The quantitative estimate of drug-likeness (QED) is 0.380. The molecule has 0 atom stereocenters. The molecule has 0 bridgehead atoms. The fourth-order valence-electron chi connectivity index (χ4n) is 0.891. The Balaban J connectivity index is 3.03. The van der Waals surface area contributed by atoms with Crippen molar-refractivity contribution in [3.8, 4) is 0 Å². The molecule has 2 N–H and O–H groups in total. The lowest BCUT2D eigenvalue weighted by atomic mass is 10.4. The van der Waals surface area contributed by atoms with Crippen LogP contribution in [0.5, 0.6) is 0 Å². The lowest BCUT2D eigenvalue weighted by Crippen LogP contribution is -2.31. The highest BCUT2D eigenvalue weighted by Crippen LogP contribution is 2.16. The van der Waals surface area contributed by atoms with Crippen LogP contribution in [0.4, 0.5) is 0 Å². The molecule has 0 spiro atoms. The predicted molar refractivity (Wildman–Crippen MR) is 64.1 cm³/mol. The van der Waals surface area contributed by atoms with Gasteiger partial charge in [-0.05, 0) is 35.9 Å². The number of sulfonamides is 1. The highest BCUT2D eigenvalue weighted by Gasteiger charge is 2.13. The summed E-state index contributed by atoms with van der Waals surface area (Å²) in [5.74, 6) is 0. The van der Waals surface area contributed by atoms with Crippen LogP contribution in [0, 0.1) is 0 Å². The Bertz CT molecular complexity index is 485. The van der Waals surface area contributed by atoms with E-state index in [-0.39, 0.29) is 10.2 Å². The Morgan fingerprint density at radius 2 is 1.88 bits per heavy atom. The monoisotopic (exact) mass is 281 g/mol. The first-order valence-corrected chi connectivity index (χ1v) is 6.34. The van der Waals surface area contributed by atoms with E-state index in [1.807, 2.05) is 0 Å². The first kappa shape index (κ1) is 13.2. The highest BCUT2D eigenvalue weighted by molar-refractivity contribution is 7.90. The first-order chi connectivity index (χ1) is 7.45. The third-order valence-electron chi connectivity index (χ3n) is 1.54. The van der Waals surface area contributed by atoms with Crippen molar-refractivity contribution in [2.24, 2.45) is 4.40 Å². The lowest BCUT2D eigenvalue weighted by molar-refractivity contribution is 0.597. The maximum Gasteiger partial charge on any atom is 0.285 e. The summed E-state index contributed by atoms with van der Waals surface area (Å²) in [7, 11) is -2.27. The fraction of sp³-hybridized carbons (Fsp3) is 0.125. The van der Waals surface area contributed by atoms with Crippen molar-refractivity contribution in [2.75, 3.05) is 7.05 Å². The Labute approximate surface area is 103 Å². The summed E-state index contributed by atoms with van der Waals surface area (Å²) in [6.45, 7) is 0. The summed E-state index contributed by atoms with van der Waals surface area (Å²) in [5, 5.41) is 0.180. The number of halogens is 2. The van der Waals surface area contributed by atoms with Crippen LogP contribution in [0.15, 0.2) is 33.6 Å². The molecular formula is C8H9Cl2N3O2S. The van der Waals surface area contributed by atoms with Gasteiger partial charge in [-0.2, -0.15) is 8.42 Å². The van der Waals surface area contributed by atoms with Crippen molar-refractivity contribution >= 4 is 38.5 Å². The van der Waals surface area contributed by atoms with E-state index in [0.29, 0.717) is 5.02 Å². The van der Waals surface area contributed by atoms with Crippen LogP contribution in [0.3, 0.4) is 0 Å². The molecule has 0 aliphatic carbocycles. The van der Waals surface area contributed by atoms with E-state index in [2.05, 4.69) is 15.2 Å². The number of benzene rings is 1. The van der Waals surface area contributed by atoms with Gasteiger partial charge in [0.15, 0.2) is 0 Å².